The quantitative estimate of drug-likeness (QED) is 0.234. The molecular weight excluding hydrogens is 422 g/mol. The molecule has 0 radical (unpaired) electrons. The summed E-state index contributed by atoms with van der Waals surface area (Å²) in [6.45, 7) is 5.95. The number of carbonyl (C=O) groups is 2. The van der Waals surface area contributed by atoms with E-state index < -0.39 is 0 Å². The largest absolute Gasteiger partial charge is 0.405 e. The second-order valence-electron chi connectivity index (χ2n) is 5.39. The molecule has 8 N–H and O–H groups in total. The molecule has 2 amide bonds. The first kappa shape index (κ1) is 26.7. The van der Waals surface area contributed by atoms with Crippen LogP contribution in [-0.2, 0) is 22.4 Å². The number of aryl methyl sites for hydroxylation is 1. The van der Waals surface area contributed by atoms with Crippen molar-refractivity contribution in [2.75, 3.05) is 12.4 Å². The van der Waals surface area contributed by atoms with Gasteiger partial charge in [0, 0.05) is 42.8 Å². The van der Waals surface area contributed by atoms with Crippen molar-refractivity contribution in [3.05, 3.63) is 56.5 Å². The Balaban J connectivity index is 0.00000125. The maximum absolute atomic E-state index is 8.58. The van der Waals surface area contributed by atoms with Crippen LogP contribution in [0, 0.1) is 12.3 Å². The Hall–Kier alpha value is -3.31. The summed E-state index contributed by atoms with van der Waals surface area (Å²) in [5.74, 6) is 0.782. The molecule has 30 heavy (non-hydrogen) atoms. The lowest BCUT2D eigenvalue weighted by molar-refractivity contribution is -0.107. The molecule has 2 rings (SSSR count). The van der Waals surface area contributed by atoms with E-state index in [1.54, 1.807) is 28.7 Å². The highest BCUT2D eigenvalue weighted by atomic mass is 32.1. The van der Waals surface area contributed by atoms with Gasteiger partial charge in [0.2, 0.25) is 12.8 Å². The molecule has 0 aromatic carbocycles. The van der Waals surface area contributed by atoms with E-state index in [0.717, 1.165) is 37.6 Å². The lowest BCUT2D eigenvalue weighted by Crippen LogP contribution is -1.94. The van der Waals surface area contributed by atoms with Crippen LogP contribution in [0.2, 0.25) is 0 Å². The van der Waals surface area contributed by atoms with Crippen molar-refractivity contribution in [1.29, 1.82) is 5.41 Å². The zero-order valence-electron chi connectivity index (χ0n) is 16.9. The van der Waals surface area contributed by atoms with Gasteiger partial charge >= 0.3 is 0 Å². The number of anilines is 1. The summed E-state index contributed by atoms with van der Waals surface area (Å²) >= 11 is 3.20. The lowest BCUT2D eigenvalue weighted by atomic mass is 10.2. The van der Waals surface area contributed by atoms with E-state index in [2.05, 4.69) is 33.3 Å². The zero-order valence-corrected chi connectivity index (χ0v) is 18.6. The van der Waals surface area contributed by atoms with Crippen LogP contribution >= 0.6 is 22.7 Å². The molecule has 0 aliphatic carbocycles. The van der Waals surface area contributed by atoms with Gasteiger partial charge in [-0.15, -0.1) is 22.7 Å². The number of thiazole rings is 2. The van der Waals surface area contributed by atoms with Crippen molar-refractivity contribution < 1.29 is 9.59 Å². The highest BCUT2D eigenvalue weighted by Gasteiger charge is 2.13. The van der Waals surface area contributed by atoms with E-state index in [9.17, 15) is 0 Å². The van der Waals surface area contributed by atoms with Gasteiger partial charge in [-0.1, -0.05) is 12.7 Å². The predicted molar refractivity (Wildman–Crippen MR) is 126 cm³/mol. The van der Waals surface area contributed by atoms with Gasteiger partial charge in [0.1, 0.15) is 5.82 Å². The SMILES string of the molecule is C=C(/C=C\N)Cc1nc(NC)c(/C(C=N)=C/Cc2nc(C)cs2)s1.NC=O.NC=O. The van der Waals surface area contributed by atoms with Gasteiger partial charge in [-0.05, 0) is 24.8 Å². The number of carbonyl (C=O) groups excluding carboxylic acids is 2. The number of nitrogens with zero attached hydrogens (tertiary/aromatic N) is 2. The highest BCUT2D eigenvalue weighted by Crippen LogP contribution is 2.31. The van der Waals surface area contributed by atoms with Crippen LogP contribution in [-0.4, -0.2) is 36.1 Å². The van der Waals surface area contributed by atoms with Crippen LogP contribution in [0.15, 0.2) is 35.9 Å². The molecule has 0 aliphatic rings. The van der Waals surface area contributed by atoms with E-state index in [1.807, 2.05) is 25.4 Å². The lowest BCUT2D eigenvalue weighted by Gasteiger charge is -2.01. The number of rotatable bonds is 8. The zero-order chi connectivity index (χ0) is 22.9. The summed E-state index contributed by atoms with van der Waals surface area (Å²) in [6.07, 6.45) is 8.50. The van der Waals surface area contributed by atoms with Crippen molar-refractivity contribution >= 4 is 53.1 Å². The maximum Gasteiger partial charge on any atom is 0.204 e. The van der Waals surface area contributed by atoms with Crippen molar-refractivity contribution in [2.45, 2.75) is 19.8 Å². The number of primary amides is 2. The van der Waals surface area contributed by atoms with Crippen LogP contribution in [0.1, 0.15) is 20.6 Å². The van der Waals surface area contributed by atoms with Gasteiger partial charge in [0.15, 0.2) is 0 Å². The molecule has 0 fully saturated rings. The van der Waals surface area contributed by atoms with Gasteiger partial charge < -0.3 is 27.9 Å². The number of hydrogen-bond acceptors (Lipinski definition) is 9. The number of allylic oxidation sites excluding steroid dienone is 4. The number of nitrogens with two attached hydrogens (primary N) is 3. The van der Waals surface area contributed by atoms with Gasteiger partial charge in [0.05, 0.1) is 14.9 Å². The fourth-order valence-corrected chi connectivity index (χ4v) is 3.98. The second-order valence-corrected chi connectivity index (χ2v) is 7.42. The molecule has 0 spiro atoms. The Morgan fingerprint density at radius 2 is 1.87 bits per heavy atom. The van der Waals surface area contributed by atoms with Gasteiger partial charge in [-0.25, -0.2) is 9.97 Å². The van der Waals surface area contributed by atoms with E-state index in [4.69, 9.17) is 20.7 Å². The van der Waals surface area contributed by atoms with E-state index >= 15 is 0 Å². The van der Waals surface area contributed by atoms with Crippen LogP contribution in [0.5, 0.6) is 0 Å². The highest BCUT2D eigenvalue weighted by molar-refractivity contribution is 7.13. The summed E-state index contributed by atoms with van der Waals surface area (Å²) in [4.78, 5) is 27.2. The van der Waals surface area contributed by atoms with Gasteiger partial charge in [-0.3, -0.25) is 9.59 Å². The van der Waals surface area contributed by atoms with E-state index in [0.29, 0.717) is 12.8 Å². The molecule has 9 nitrogen and oxygen atoms in total. The molecule has 0 saturated heterocycles. The molecule has 162 valence electrons. The normalized spacial score (nSPS) is 10.3. The van der Waals surface area contributed by atoms with Crippen LogP contribution in [0.25, 0.3) is 5.57 Å². The summed E-state index contributed by atoms with van der Waals surface area (Å²) < 4.78 is 0. The minimum Gasteiger partial charge on any atom is -0.405 e. The molecule has 2 heterocycles. The van der Waals surface area contributed by atoms with Crippen molar-refractivity contribution in [2.24, 2.45) is 17.2 Å². The fraction of sp³-hybridized carbons (Fsp3) is 0.211. The number of hydrogen-bond donors (Lipinski definition) is 5. The van der Waals surface area contributed by atoms with Crippen LogP contribution < -0.4 is 22.5 Å². The van der Waals surface area contributed by atoms with Gasteiger partial charge in [-0.2, -0.15) is 0 Å². The Labute approximate surface area is 183 Å². The first-order chi connectivity index (χ1) is 14.4. The van der Waals surface area contributed by atoms with E-state index in [-0.39, 0.29) is 12.8 Å². The number of amides is 2. The molecule has 2 aromatic heterocycles. The summed E-state index contributed by atoms with van der Waals surface area (Å²) in [5, 5.41) is 14.9. The Morgan fingerprint density at radius 1 is 1.23 bits per heavy atom. The summed E-state index contributed by atoms with van der Waals surface area (Å²) in [7, 11) is 1.84. The van der Waals surface area contributed by atoms with Crippen LogP contribution in [0.4, 0.5) is 5.82 Å². The molecule has 0 unspecified atom stereocenters. The molecular formula is C19H27N7O2S2. The molecule has 0 atom stereocenters. The molecule has 0 bridgehead atoms. The molecule has 0 aliphatic heterocycles. The third kappa shape index (κ3) is 9.75. The smallest absolute Gasteiger partial charge is 0.204 e. The van der Waals surface area contributed by atoms with Crippen molar-refractivity contribution in [1.82, 2.24) is 9.97 Å². The predicted octanol–water partition coefficient (Wildman–Crippen LogP) is 2.00. The third-order valence-corrected chi connectivity index (χ3v) is 5.29. The molecule has 11 heteroatoms. The molecule has 2 aromatic rings. The second kappa shape index (κ2) is 15.6. The number of aromatic nitrogens is 2. The topological polar surface area (TPSA) is 174 Å². The average molecular weight is 450 g/mol. The molecule has 0 saturated carbocycles. The van der Waals surface area contributed by atoms with Crippen molar-refractivity contribution in [3.8, 4) is 0 Å². The Bertz CT molecular complexity index is 879. The summed E-state index contributed by atoms with van der Waals surface area (Å²) in [5.41, 5.74) is 16.5. The number of nitrogens with one attached hydrogen (secondary N) is 2. The fourth-order valence-electron chi connectivity index (χ4n) is 2.11. The first-order valence-electron chi connectivity index (χ1n) is 8.56. The minimum atomic E-state index is 0.250. The van der Waals surface area contributed by atoms with E-state index in [1.165, 1.54) is 12.4 Å². The Morgan fingerprint density at radius 3 is 2.33 bits per heavy atom. The minimum absolute atomic E-state index is 0.250. The average Bonchev–Trinajstić information content (AvgIpc) is 3.30. The maximum atomic E-state index is 8.58. The Kier molecular flexibility index (Phi) is 13.9. The van der Waals surface area contributed by atoms with Crippen molar-refractivity contribution in [3.63, 3.8) is 0 Å². The standard InChI is InChI=1S/C17H21N5S2.2CH3NO/c1-11(6-7-18)8-15-22-17(20-3)16(24-15)13(9-19)4-5-14-21-12(2)10-23-14;2*2-1-3/h4,6-7,9-10,19-20H,1,5,8,18H2,2-3H3;2*1H,(H2,2,3)/b7-6-,13-4+,19-9?;;. The monoisotopic (exact) mass is 449 g/mol. The van der Waals surface area contributed by atoms with Gasteiger partial charge in [0.25, 0.3) is 0 Å². The van der Waals surface area contributed by atoms with Crippen LogP contribution in [0.3, 0.4) is 0 Å². The third-order valence-electron chi connectivity index (χ3n) is 3.20. The summed E-state index contributed by atoms with van der Waals surface area (Å²) in [6, 6.07) is 0. The first-order valence-corrected chi connectivity index (χ1v) is 10.3.